The van der Waals surface area contributed by atoms with Crippen LogP contribution >= 0.6 is 0 Å². The summed E-state index contributed by atoms with van der Waals surface area (Å²) in [6.07, 6.45) is 6.67. The second-order valence-electron chi connectivity index (χ2n) is 3.88. The molecular weight excluding hydrogens is 258 g/mol. The van der Waals surface area contributed by atoms with Crippen LogP contribution in [0.1, 0.15) is 5.82 Å². The number of carbonyl (C=O) groups is 1. The van der Waals surface area contributed by atoms with Gasteiger partial charge in [-0.15, -0.1) is 6.42 Å². The summed E-state index contributed by atoms with van der Waals surface area (Å²) in [5, 5.41) is 9.19. The molecule has 0 saturated carbocycles. The fourth-order valence-corrected chi connectivity index (χ4v) is 1.50. The summed E-state index contributed by atoms with van der Waals surface area (Å²) in [6.45, 7) is 1.97. The Morgan fingerprint density at radius 2 is 2.40 bits per heavy atom. The van der Waals surface area contributed by atoms with Gasteiger partial charge in [-0.3, -0.25) is 4.79 Å². The number of amides is 1. The van der Waals surface area contributed by atoms with Crippen LogP contribution in [0, 0.1) is 19.3 Å². The van der Waals surface area contributed by atoms with Gasteiger partial charge in [0.2, 0.25) is 5.91 Å². The molecule has 2 rings (SSSR count). The highest BCUT2D eigenvalue weighted by Crippen LogP contribution is 2.23. The van der Waals surface area contributed by atoms with Gasteiger partial charge in [0, 0.05) is 6.20 Å². The predicted octanol–water partition coefficient (Wildman–Crippen LogP) is 0.601. The van der Waals surface area contributed by atoms with Gasteiger partial charge in [-0.05, 0) is 19.1 Å². The smallest absolute Gasteiger partial charge is 0.261 e. The van der Waals surface area contributed by atoms with Crippen LogP contribution in [0.15, 0.2) is 22.9 Å². The van der Waals surface area contributed by atoms with Crippen molar-refractivity contribution in [3.05, 3.63) is 24.2 Å². The molecule has 0 fully saturated rings. The number of carbonyl (C=O) groups excluding carboxylic acids is 1. The normalized spacial score (nSPS) is 9.80. The van der Waals surface area contributed by atoms with Crippen molar-refractivity contribution in [1.82, 2.24) is 20.4 Å². The molecule has 2 aromatic rings. The Balaban J connectivity index is 2.09. The van der Waals surface area contributed by atoms with Crippen molar-refractivity contribution in [2.45, 2.75) is 6.92 Å². The molecule has 0 aliphatic heterocycles. The molecule has 20 heavy (non-hydrogen) atoms. The van der Waals surface area contributed by atoms with Gasteiger partial charge >= 0.3 is 0 Å². The minimum atomic E-state index is -0.221. The van der Waals surface area contributed by atoms with Crippen molar-refractivity contribution in [2.24, 2.45) is 0 Å². The lowest BCUT2D eigenvalue weighted by molar-refractivity contribution is -0.119. The maximum absolute atomic E-state index is 11.5. The third kappa shape index (κ3) is 3.32. The van der Waals surface area contributed by atoms with Crippen LogP contribution in [-0.2, 0) is 4.79 Å². The molecule has 2 aromatic heterocycles. The van der Waals surface area contributed by atoms with Gasteiger partial charge in [0.25, 0.3) is 5.89 Å². The minimum absolute atomic E-state index is 0.0544. The zero-order chi connectivity index (χ0) is 14.4. The summed E-state index contributed by atoms with van der Waals surface area (Å²) < 4.78 is 5.09. The van der Waals surface area contributed by atoms with Crippen LogP contribution in [0.4, 0.5) is 5.82 Å². The zero-order valence-electron chi connectivity index (χ0n) is 10.9. The highest BCUT2D eigenvalue weighted by Gasteiger charge is 2.12. The first-order valence-corrected chi connectivity index (χ1v) is 5.90. The van der Waals surface area contributed by atoms with Crippen molar-refractivity contribution in [3.8, 4) is 23.8 Å². The van der Waals surface area contributed by atoms with E-state index >= 15 is 0 Å². The van der Waals surface area contributed by atoms with Gasteiger partial charge in [-0.25, -0.2) is 4.98 Å². The third-order valence-corrected chi connectivity index (χ3v) is 2.37. The number of anilines is 1. The molecule has 0 aromatic carbocycles. The second-order valence-corrected chi connectivity index (χ2v) is 3.88. The second kappa shape index (κ2) is 6.33. The molecule has 7 heteroatoms. The SMILES string of the molecule is C#CCNC(=O)CNc1ncccc1-c1nc(C)no1. The standard InChI is InChI=1S/C13H13N5O2/c1-3-6-14-11(19)8-16-12-10(5-4-7-15-12)13-17-9(2)18-20-13/h1,4-5,7H,6,8H2,2H3,(H,14,19)(H,15,16). The van der Waals surface area contributed by atoms with Crippen molar-refractivity contribution in [2.75, 3.05) is 18.4 Å². The molecular formula is C13H13N5O2. The topological polar surface area (TPSA) is 92.9 Å². The van der Waals surface area contributed by atoms with E-state index in [4.69, 9.17) is 10.9 Å². The van der Waals surface area contributed by atoms with Crippen LogP contribution in [0.2, 0.25) is 0 Å². The maximum Gasteiger partial charge on any atom is 0.261 e. The minimum Gasteiger partial charge on any atom is -0.360 e. The molecule has 0 aliphatic carbocycles. The van der Waals surface area contributed by atoms with E-state index in [9.17, 15) is 4.79 Å². The first-order valence-electron chi connectivity index (χ1n) is 5.90. The van der Waals surface area contributed by atoms with Crippen LogP contribution in [-0.4, -0.2) is 34.1 Å². The summed E-state index contributed by atoms with van der Waals surface area (Å²) >= 11 is 0. The Labute approximate surface area is 115 Å². The van der Waals surface area contributed by atoms with Crippen molar-refractivity contribution in [3.63, 3.8) is 0 Å². The van der Waals surface area contributed by atoms with E-state index in [2.05, 4.69) is 31.7 Å². The van der Waals surface area contributed by atoms with E-state index in [0.717, 1.165) is 0 Å². The van der Waals surface area contributed by atoms with Gasteiger partial charge in [0.15, 0.2) is 5.82 Å². The number of nitrogens with zero attached hydrogens (tertiary/aromatic N) is 3. The van der Waals surface area contributed by atoms with Crippen molar-refractivity contribution < 1.29 is 9.32 Å². The Kier molecular flexibility index (Phi) is 4.29. The molecule has 1 amide bonds. The van der Waals surface area contributed by atoms with Crippen LogP contribution < -0.4 is 10.6 Å². The molecule has 0 saturated heterocycles. The summed E-state index contributed by atoms with van der Waals surface area (Å²) in [7, 11) is 0. The average molecular weight is 271 g/mol. The molecule has 0 aliphatic rings. The first kappa shape index (κ1) is 13.5. The molecule has 0 unspecified atom stereocenters. The molecule has 102 valence electrons. The maximum atomic E-state index is 11.5. The highest BCUT2D eigenvalue weighted by molar-refractivity contribution is 5.82. The van der Waals surface area contributed by atoms with E-state index in [1.807, 2.05) is 0 Å². The van der Waals surface area contributed by atoms with Gasteiger partial charge in [-0.2, -0.15) is 4.98 Å². The Morgan fingerprint density at radius 1 is 1.55 bits per heavy atom. The highest BCUT2D eigenvalue weighted by atomic mass is 16.5. The van der Waals surface area contributed by atoms with E-state index in [1.54, 1.807) is 25.3 Å². The molecule has 0 radical (unpaired) electrons. The molecule has 0 spiro atoms. The van der Waals surface area contributed by atoms with Gasteiger partial charge in [0.1, 0.15) is 5.82 Å². The fourth-order valence-electron chi connectivity index (χ4n) is 1.50. The van der Waals surface area contributed by atoms with E-state index in [0.29, 0.717) is 23.1 Å². The number of terminal acetylenes is 1. The van der Waals surface area contributed by atoms with Gasteiger partial charge < -0.3 is 15.2 Å². The summed E-state index contributed by atoms with van der Waals surface area (Å²) in [5.74, 6) is 3.48. The number of pyridine rings is 1. The number of hydrogen-bond donors (Lipinski definition) is 2. The Hall–Kier alpha value is -2.88. The molecule has 0 bridgehead atoms. The lowest BCUT2D eigenvalue weighted by Gasteiger charge is -2.07. The summed E-state index contributed by atoms with van der Waals surface area (Å²) in [6, 6.07) is 3.53. The monoisotopic (exact) mass is 271 g/mol. The number of aromatic nitrogens is 3. The van der Waals surface area contributed by atoms with Crippen LogP contribution in [0.25, 0.3) is 11.5 Å². The van der Waals surface area contributed by atoms with E-state index in [1.165, 1.54) is 0 Å². The van der Waals surface area contributed by atoms with Crippen LogP contribution in [0.5, 0.6) is 0 Å². The number of rotatable bonds is 5. The molecule has 7 nitrogen and oxygen atoms in total. The van der Waals surface area contributed by atoms with Crippen molar-refractivity contribution in [1.29, 1.82) is 0 Å². The lowest BCUT2D eigenvalue weighted by Crippen LogP contribution is -2.30. The Bertz CT molecular complexity index is 644. The summed E-state index contributed by atoms with van der Waals surface area (Å²) in [4.78, 5) is 19.8. The lowest BCUT2D eigenvalue weighted by atomic mass is 10.2. The molecule has 0 atom stereocenters. The fraction of sp³-hybridized carbons (Fsp3) is 0.231. The van der Waals surface area contributed by atoms with Gasteiger partial charge in [-0.1, -0.05) is 11.1 Å². The molecule has 2 N–H and O–H groups in total. The predicted molar refractivity (Wildman–Crippen MR) is 72.6 cm³/mol. The largest absolute Gasteiger partial charge is 0.360 e. The summed E-state index contributed by atoms with van der Waals surface area (Å²) in [5.41, 5.74) is 0.637. The first-order chi connectivity index (χ1) is 9.70. The molecule has 2 heterocycles. The Morgan fingerprint density at radius 3 is 3.10 bits per heavy atom. The zero-order valence-corrected chi connectivity index (χ0v) is 10.9. The number of aryl methyl sites for hydroxylation is 1. The van der Waals surface area contributed by atoms with E-state index < -0.39 is 0 Å². The third-order valence-electron chi connectivity index (χ3n) is 2.37. The van der Waals surface area contributed by atoms with Crippen LogP contribution in [0.3, 0.4) is 0 Å². The quantitative estimate of drug-likeness (QED) is 0.774. The van der Waals surface area contributed by atoms with Gasteiger partial charge in [0.05, 0.1) is 18.7 Å². The number of nitrogens with one attached hydrogen (secondary N) is 2. The average Bonchev–Trinajstić information content (AvgIpc) is 2.89. The van der Waals surface area contributed by atoms with E-state index in [-0.39, 0.29) is 19.0 Å². The van der Waals surface area contributed by atoms with Crippen molar-refractivity contribution >= 4 is 11.7 Å². The number of hydrogen-bond acceptors (Lipinski definition) is 6.